The molecule has 2 fully saturated rings. The molecule has 8 heteroatoms. The summed E-state index contributed by atoms with van der Waals surface area (Å²) in [6.07, 6.45) is 9.62. The maximum atomic E-state index is 14.4. The number of carbonyl (C=O) groups excluding carboxylic acids is 1. The second kappa shape index (κ2) is 11.5. The molecule has 0 spiro atoms. The molecule has 0 radical (unpaired) electrons. The van der Waals surface area contributed by atoms with Crippen molar-refractivity contribution in [1.82, 2.24) is 24.6 Å². The highest BCUT2D eigenvalue weighted by Crippen LogP contribution is 2.30. The number of benzene rings is 1. The van der Waals surface area contributed by atoms with Crippen LogP contribution >= 0.6 is 0 Å². The van der Waals surface area contributed by atoms with Crippen LogP contribution in [0.1, 0.15) is 58.1 Å². The molecule has 204 valence electrons. The zero-order valence-corrected chi connectivity index (χ0v) is 23.0. The van der Waals surface area contributed by atoms with E-state index in [2.05, 4.69) is 43.4 Å². The number of hydrogen-bond donors (Lipinski definition) is 1. The lowest BCUT2D eigenvalue weighted by atomic mass is 9.94. The van der Waals surface area contributed by atoms with E-state index < -0.39 is 5.67 Å². The summed E-state index contributed by atoms with van der Waals surface area (Å²) >= 11 is 0. The molecule has 3 aromatic rings. The number of alkyl halides is 1. The molecule has 7 nitrogen and oxygen atoms in total. The Morgan fingerprint density at radius 2 is 1.82 bits per heavy atom. The Labute approximate surface area is 225 Å². The van der Waals surface area contributed by atoms with Gasteiger partial charge in [0.1, 0.15) is 11.5 Å². The lowest BCUT2D eigenvalue weighted by Crippen LogP contribution is -2.44. The topological polar surface area (TPSA) is 66.3 Å². The SMILES string of the molecule is CCC(C)(F)CN1CCC(C(=O)Nc2cc3cc(-c4cnn(C)c4CN4CCCCC4)ccc3cn2)CC1. The molecule has 0 saturated carbocycles. The Bertz CT molecular complexity index is 1260. The van der Waals surface area contributed by atoms with Crippen molar-refractivity contribution in [1.29, 1.82) is 0 Å². The summed E-state index contributed by atoms with van der Waals surface area (Å²) in [7, 11) is 2.02. The number of nitrogens with one attached hydrogen (secondary N) is 1. The van der Waals surface area contributed by atoms with Gasteiger partial charge in [0.25, 0.3) is 0 Å². The number of nitrogens with zero attached hydrogens (tertiary/aromatic N) is 5. The van der Waals surface area contributed by atoms with Crippen LogP contribution in [0.5, 0.6) is 0 Å². The summed E-state index contributed by atoms with van der Waals surface area (Å²) in [5, 5.41) is 9.69. The summed E-state index contributed by atoms with van der Waals surface area (Å²) in [6, 6.07) is 8.35. The van der Waals surface area contributed by atoms with E-state index in [1.165, 1.54) is 25.0 Å². The van der Waals surface area contributed by atoms with Crippen LogP contribution in [-0.2, 0) is 18.4 Å². The van der Waals surface area contributed by atoms with Crippen LogP contribution in [0.3, 0.4) is 0 Å². The first kappa shape index (κ1) is 26.8. The predicted octanol–water partition coefficient (Wildman–Crippen LogP) is 5.41. The van der Waals surface area contributed by atoms with Gasteiger partial charge in [0, 0.05) is 43.2 Å². The summed E-state index contributed by atoms with van der Waals surface area (Å²) in [5.74, 6) is 0.502. The Kier molecular flexibility index (Phi) is 8.09. The molecule has 0 bridgehead atoms. The summed E-state index contributed by atoms with van der Waals surface area (Å²) < 4.78 is 16.4. The Hall–Kier alpha value is -2.84. The number of amides is 1. The van der Waals surface area contributed by atoms with Gasteiger partial charge in [0.05, 0.1) is 11.9 Å². The van der Waals surface area contributed by atoms with E-state index >= 15 is 0 Å². The number of piperidine rings is 2. The van der Waals surface area contributed by atoms with Gasteiger partial charge in [-0.15, -0.1) is 0 Å². The smallest absolute Gasteiger partial charge is 0.228 e. The van der Waals surface area contributed by atoms with Crippen molar-refractivity contribution >= 4 is 22.5 Å². The number of anilines is 1. The van der Waals surface area contributed by atoms with Crippen molar-refractivity contribution in [2.45, 2.75) is 64.6 Å². The molecule has 1 N–H and O–H groups in total. The number of hydrogen-bond acceptors (Lipinski definition) is 5. The van der Waals surface area contributed by atoms with E-state index in [-0.39, 0.29) is 11.8 Å². The van der Waals surface area contributed by atoms with Crippen LogP contribution in [0.15, 0.2) is 36.7 Å². The number of rotatable bonds is 8. The molecule has 2 aromatic heterocycles. The average molecular weight is 521 g/mol. The number of carbonyl (C=O) groups is 1. The highest BCUT2D eigenvalue weighted by atomic mass is 19.1. The summed E-state index contributed by atoms with van der Waals surface area (Å²) in [5.41, 5.74) is 2.33. The highest BCUT2D eigenvalue weighted by molar-refractivity contribution is 5.95. The maximum Gasteiger partial charge on any atom is 0.228 e. The first-order valence-corrected chi connectivity index (χ1v) is 14.2. The molecule has 2 aliphatic heterocycles. The number of aromatic nitrogens is 3. The summed E-state index contributed by atoms with van der Waals surface area (Å²) in [4.78, 5) is 22.2. The van der Waals surface area contributed by atoms with Gasteiger partial charge in [-0.1, -0.05) is 25.5 Å². The fraction of sp³-hybridized carbons (Fsp3) is 0.567. The minimum absolute atomic E-state index is 0.00207. The highest BCUT2D eigenvalue weighted by Gasteiger charge is 2.30. The van der Waals surface area contributed by atoms with E-state index in [1.54, 1.807) is 6.92 Å². The molecule has 38 heavy (non-hydrogen) atoms. The second-order valence-electron chi connectivity index (χ2n) is 11.4. The third kappa shape index (κ3) is 6.24. The molecule has 1 atom stereocenters. The molecule has 1 amide bonds. The number of halogens is 1. The van der Waals surface area contributed by atoms with Crippen molar-refractivity contribution in [2.75, 3.05) is 38.0 Å². The molecular weight excluding hydrogens is 479 g/mol. The molecule has 5 rings (SSSR count). The first-order valence-electron chi connectivity index (χ1n) is 14.2. The number of aryl methyl sites for hydroxylation is 1. The zero-order chi connectivity index (χ0) is 26.7. The predicted molar refractivity (Wildman–Crippen MR) is 151 cm³/mol. The van der Waals surface area contributed by atoms with Crippen LogP contribution in [0.4, 0.5) is 10.2 Å². The van der Waals surface area contributed by atoms with Gasteiger partial charge in [-0.05, 0) is 88.3 Å². The lowest BCUT2D eigenvalue weighted by molar-refractivity contribution is -0.121. The Balaban J connectivity index is 1.26. The van der Waals surface area contributed by atoms with Crippen molar-refractivity contribution in [3.63, 3.8) is 0 Å². The first-order chi connectivity index (χ1) is 18.3. The van der Waals surface area contributed by atoms with Crippen molar-refractivity contribution in [3.8, 4) is 11.1 Å². The third-order valence-corrected chi connectivity index (χ3v) is 8.42. The summed E-state index contributed by atoms with van der Waals surface area (Å²) in [6.45, 7) is 8.66. The fourth-order valence-corrected chi connectivity index (χ4v) is 5.76. The zero-order valence-electron chi connectivity index (χ0n) is 23.0. The number of pyridine rings is 1. The normalized spacial score (nSPS) is 19.5. The van der Waals surface area contributed by atoms with Gasteiger partial charge >= 0.3 is 0 Å². The largest absolute Gasteiger partial charge is 0.310 e. The lowest BCUT2D eigenvalue weighted by Gasteiger charge is -2.34. The molecule has 0 aliphatic carbocycles. The van der Waals surface area contributed by atoms with Crippen molar-refractivity contribution in [3.05, 3.63) is 42.4 Å². The molecule has 1 aromatic carbocycles. The Morgan fingerprint density at radius 1 is 1.05 bits per heavy atom. The van der Waals surface area contributed by atoms with Crippen LogP contribution in [0.2, 0.25) is 0 Å². The molecule has 1 unspecified atom stereocenters. The van der Waals surface area contributed by atoms with Gasteiger partial charge in [-0.2, -0.15) is 5.10 Å². The number of fused-ring (bicyclic) bond motifs is 1. The van der Waals surface area contributed by atoms with E-state index in [9.17, 15) is 9.18 Å². The van der Waals surface area contributed by atoms with Gasteiger partial charge in [-0.3, -0.25) is 14.4 Å². The maximum absolute atomic E-state index is 14.4. The Morgan fingerprint density at radius 3 is 2.55 bits per heavy atom. The van der Waals surface area contributed by atoms with Crippen LogP contribution < -0.4 is 5.32 Å². The van der Waals surface area contributed by atoms with Gasteiger partial charge in [0.2, 0.25) is 5.91 Å². The van der Waals surface area contributed by atoms with Gasteiger partial charge < -0.3 is 10.2 Å². The number of likely N-dealkylation sites (tertiary alicyclic amines) is 2. The van der Waals surface area contributed by atoms with Crippen LogP contribution in [0, 0.1) is 5.92 Å². The van der Waals surface area contributed by atoms with Crippen molar-refractivity contribution < 1.29 is 9.18 Å². The quantitative estimate of drug-likeness (QED) is 0.430. The monoisotopic (exact) mass is 520 g/mol. The third-order valence-electron chi connectivity index (χ3n) is 8.42. The van der Waals surface area contributed by atoms with E-state index in [0.717, 1.165) is 67.5 Å². The molecular formula is C30H41FN6O. The minimum Gasteiger partial charge on any atom is -0.310 e. The molecule has 4 heterocycles. The fourth-order valence-electron chi connectivity index (χ4n) is 5.76. The van der Waals surface area contributed by atoms with Crippen LogP contribution in [-0.4, -0.2) is 68.9 Å². The second-order valence-corrected chi connectivity index (χ2v) is 11.4. The van der Waals surface area contributed by atoms with Gasteiger partial charge in [0.15, 0.2) is 0 Å². The van der Waals surface area contributed by atoms with Crippen LogP contribution in [0.25, 0.3) is 21.9 Å². The average Bonchev–Trinajstić information content (AvgIpc) is 3.28. The molecule has 2 aliphatic rings. The van der Waals surface area contributed by atoms with E-state index in [1.807, 2.05) is 37.1 Å². The van der Waals surface area contributed by atoms with E-state index in [4.69, 9.17) is 0 Å². The van der Waals surface area contributed by atoms with E-state index in [0.29, 0.717) is 18.8 Å². The van der Waals surface area contributed by atoms with Crippen molar-refractivity contribution in [2.24, 2.45) is 13.0 Å². The minimum atomic E-state index is -1.17. The standard InChI is InChI=1S/C30H41FN6O/c1-4-30(2,31)21-37-14-10-22(11-15-37)29(38)34-28-17-25-16-23(8-9-24(25)18-32-28)26-19-33-35(3)27(26)20-36-12-6-5-7-13-36/h8-9,16-19,22H,4-7,10-15,20-21H2,1-3H3,(H,32,34,38). The molecule has 2 saturated heterocycles. The van der Waals surface area contributed by atoms with Gasteiger partial charge in [-0.25, -0.2) is 9.37 Å².